The molecule has 1 saturated heterocycles. The Morgan fingerprint density at radius 3 is 2.39 bits per heavy atom. The van der Waals surface area contributed by atoms with Crippen molar-refractivity contribution in [3.8, 4) is 0 Å². The van der Waals surface area contributed by atoms with E-state index in [1.165, 1.54) is 10.5 Å². The van der Waals surface area contributed by atoms with Gasteiger partial charge in [-0.05, 0) is 29.9 Å². The van der Waals surface area contributed by atoms with Gasteiger partial charge >= 0.3 is 6.03 Å². The number of benzene rings is 1. The lowest BCUT2D eigenvalue weighted by molar-refractivity contribution is -0.131. The summed E-state index contributed by atoms with van der Waals surface area (Å²) in [4.78, 5) is 38.0. The minimum Gasteiger partial charge on any atom is -0.354 e. The lowest BCUT2D eigenvalue weighted by Gasteiger charge is -2.20. The highest BCUT2D eigenvalue weighted by Gasteiger charge is 2.52. The fourth-order valence-electron chi connectivity index (χ4n) is 3.97. The smallest absolute Gasteiger partial charge is 0.325 e. The molecule has 4 N–H and O–H groups in total. The molecule has 0 aromatic heterocycles. The number of nitrogens with two attached hydrogens (primary N) is 1. The van der Waals surface area contributed by atoms with Gasteiger partial charge in [0.05, 0.1) is 0 Å². The van der Waals surface area contributed by atoms with E-state index in [-0.39, 0.29) is 36.9 Å². The van der Waals surface area contributed by atoms with Crippen LogP contribution in [0, 0.1) is 0 Å². The molecule has 2 aliphatic rings. The summed E-state index contributed by atoms with van der Waals surface area (Å²) < 4.78 is 0. The Balaban J connectivity index is 1.45. The minimum absolute atomic E-state index is 0.0776. The molecular formula is C21H30N4O3. The van der Waals surface area contributed by atoms with Crippen LogP contribution in [0.25, 0.3) is 0 Å². The highest BCUT2D eigenvalue weighted by molar-refractivity contribution is 6.07. The number of nitrogens with one attached hydrogen (secondary N) is 2. The third kappa shape index (κ3) is 4.19. The lowest BCUT2D eigenvalue weighted by atomic mass is 9.98. The molecule has 4 amide bonds. The number of carbonyl (C=O) groups excluding carboxylic acids is 3. The Kier molecular flexibility index (Phi) is 6.03. The van der Waals surface area contributed by atoms with Crippen LogP contribution < -0.4 is 16.4 Å². The Labute approximate surface area is 166 Å². The van der Waals surface area contributed by atoms with Crippen LogP contribution in [-0.4, -0.2) is 41.4 Å². The van der Waals surface area contributed by atoms with Gasteiger partial charge in [0, 0.05) is 25.6 Å². The van der Waals surface area contributed by atoms with Crippen LogP contribution >= 0.6 is 0 Å². The van der Waals surface area contributed by atoms with E-state index in [1.807, 2.05) is 12.1 Å². The molecule has 1 aromatic carbocycles. The van der Waals surface area contributed by atoms with E-state index < -0.39 is 5.54 Å². The molecular weight excluding hydrogens is 356 g/mol. The Hall–Kier alpha value is -2.41. The molecule has 1 heterocycles. The van der Waals surface area contributed by atoms with Crippen molar-refractivity contribution in [1.82, 2.24) is 15.5 Å². The molecule has 1 aliphatic heterocycles. The fourth-order valence-corrected chi connectivity index (χ4v) is 3.97. The van der Waals surface area contributed by atoms with E-state index in [0.29, 0.717) is 25.3 Å². The largest absolute Gasteiger partial charge is 0.354 e. The first-order valence-electron chi connectivity index (χ1n) is 10.1. The molecule has 7 nitrogen and oxygen atoms in total. The normalized spacial score (nSPS) is 19.4. The zero-order valence-corrected chi connectivity index (χ0v) is 16.7. The first kappa shape index (κ1) is 20.3. The first-order valence-corrected chi connectivity index (χ1v) is 10.1. The molecule has 0 bridgehead atoms. The van der Waals surface area contributed by atoms with Crippen LogP contribution in [0.15, 0.2) is 24.3 Å². The van der Waals surface area contributed by atoms with E-state index in [1.54, 1.807) is 0 Å². The minimum atomic E-state index is -0.724. The van der Waals surface area contributed by atoms with E-state index in [2.05, 4.69) is 36.6 Å². The van der Waals surface area contributed by atoms with Crippen molar-refractivity contribution in [2.45, 2.75) is 63.5 Å². The van der Waals surface area contributed by atoms with Crippen LogP contribution in [0.4, 0.5) is 4.79 Å². The molecule has 1 spiro atoms. The third-order valence-corrected chi connectivity index (χ3v) is 5.82. The van der Waals surface area contributed by atoms with Crippen molar-refractivity contribution < 1.29 is 14.4 Å². The first-order chi connectivity index (χ1) is 13.3. The second-order valence-corrected chi connectivity index (χ2v) is 8.16. The molecule has 152 valence electrons. The van der Waals surface area contributed by atoms with E-state index in [9.17, 15) is 14.4 Å². The van der Waals surface area contributed by atoms with Crippen LogP contribution in [0.5, 0.6) is 0 Å². The van der Waals surface area contributed by atoms with Gasteiger partial charge in [0.25, 0.3) is 5.91 Å². The summed E-state index contributed by atoms with van der Waals surface area (Å²) in [5.74, 6) is 0.0470. The quantitative estimate of drug-likeness (QED) is 0.625. The highest BCUT2D eigenvalue weighted by atomic mass is 16.2. The van der Waals surface area contributed by atoms with Crippen molar-refractivity contribution in [3.63, 3.8) is 0 Å². The second-order valence-electron chi connectivity index (χ2n) is 8.16. The van der Waals surface area contributed by atoms with Gasteiger partial charge in [0.2, 0.25) is 5.91 Å². The summed E-state index contributed by atoms with van der Waals surface area (Å²) in [7, 11) is 0. The summed E-state index contributed by atoms with van der Waals surface area (Å²) in [6.07, 6.45) is 3.33. The number of amides is 4. The highest BCUT2D eigenvalue weighted by Crippen LogP contribution is 2.35. The average molecular weight is 386 g/mol. The second kappa shape index (κ2) is 8.31. The maximum atomic E-state index is 12.6. The predicted octanol–water partition coefficient (Wildman–Crippen LogP) is 2.18. The molecule has 1 aliphatic carbocycles. The van der Waals surface area contributed by atoms with Crippen LogP contribution in [0.2, 0.25) is 0 Å². The Morgan fingerprint density at radius 1 is 1.18 bits per heavy atom. The van der Waals surface area contributed by atoms with Gasteiger partial charge < -0.3 is 16.4 Å². The number of imide groups is 1. The predicted molar refractivity (Wildman–Crippen MR) is 107 cm³/mol. The van der Waals surface area contributed by atoms with E-state index in [4.69, 9.17) is 5.73 Å². The SMILES string of the molecule is CC(C)c1ccc(C(N)CNC(=O)CCN2C(=O)NC3(CCCC3)C2=O)cc1. The molecule has 1 aromatic rings. The maximum absolute atomic E-state index is 12.6. The van der Waals surface area contributed by atoms with Crippen molar-refractivity contribution in [2.24, 2.45) is 5.73 Å². The van der Waals surface area contributed by atoms with E-state index >= 15 is 0 Å². The number of hydrogen-bond acceptors (Lipinski definition) is 4. The van der Waals surface area contributed by atoms with Crippen molar-refractivity contribution in [1.29, 1.82) is 0 Å². The molecule has 28 heavy (non-hydrogen) atoms. The monoisotopic (exact) mass is 386 g/mol. The zero-order chi connectivity index (χ0) is 20.3. The number of carbonyl (C=O) groups is 3. The van der Waals surface area contributed by atoms with Crippen LogP contribution in [-0.2, 0) is 9.59 Å². The van der Waals surface area contributed by atoms with E-state index in [0.717, 1.165) is 18.4 Å². The number of urea groups is 1. The zero-order valence-electron chi connectivity index (χ0n) is 16.7. The Bertz CT molecular complexity index is 739. The van der Waals surface area contributed by atoms with Crippen molar-refractivity contribution in [3.05, 3.63) is 35.4 Å². The number of nitrogens with zero attached hydrogens (tertiary/aromatic N) is 1. The molecule has 1 saturated carbocycles. The molecule has 1 atom stereocenters. The van der Waals surface area contributed by atoms with Gasteiger partial charge in [0.1, 0.15) is 5.54 Å². The third-order valence-electron chi connectivity index (χ3n) is 5.82. The van der Waals surface area contributed by atoms with Gasteiger partial charge in [-0.15, -0.1) is 0 Å². The number of hydrogen-bond donors (Lipinski definition) is 3. The maximum Gasteiger partial charge on any atom is 0.325 e. The topological polar surface area (TPSA) is 105 Å². The molecule has 0 radical (unpaired) electrons. The van der Waals surface area contributed by atoms with Crippen LogP contribution in [0.1, 0.15) is 69.0 Å². The molecule has 1 unspecified atom stereocenters. The lowest BCUT2D eigenvalue weighted by Crippen LogP contribution is -2.44. The van der Waals surface area contributed by atoms with Crippen molar-refractivity contribution >= 4 is 17.8 Å². The van der Waals surface area contributed by atoms with Gasteiger partial charge in [-0.1, -0.05) is 51.0 Å². The van der Waals surface area contributed by atoms with Crippen molar-refractivity contribution in [2.75, 3.05) is 13.1 Å². The molecule has 3 rings (SSSR count). The fraction of sp³-hybridized carbons (Fsp3) is 0.571. The molecule has 7 heteroatoms. The standard InChI is InChI=1S/C21H30N4O3/c1-14(2)15-5-7-16(8-6-15)17(22)13-23-18(26)9-12-25-19(27)21(24-20(25)28)10-3-4-11-21/h5-8,14,17H,3-4,9-13,22H2,1-2H3,(H,23,26)(H,24,28). The van der Waals surface area contributed by atoms with Gasteiger partial charge in [-0.2, -0.15) is 0 Å². The summed E-state index contributed by atoms with van der Waals surface area (Å²) in [6, 6.07) is 7.39. The summed E-state index contributed by atoms with van der Waals surface area (Å²) in [5.41, 5.74) is 7.65. The van der Waals surface area contributed by atoms with Gasteiger partial charge in [-0.25, -0.2) is 4.79 Å². The van der Waals surface area contributed by atoms with Crippen LogP contribution in [0.3, 0.4) is 0 Å². The average Bonchev–Trinajstić information content (AvgIpc) is 3.23. The summed E-state index contributed by atoms with van der Waals surface area (Å²) >= 11 is 0. The molecule has 2 fully saturated rings. The summed E-state index contributed by atoms with van der Waals surface area (Å²) in [5, 5.41) is 5.62. The van der Waals surface area contributed by atoms with Gasteiger partial charge in [0.15, 0.2) is 0 Å². The summed E-state index contributed by atoms with van der Waals surface area (Å²) in [6.45, 7) is 4.67. The number of rotatable bonds is 7. The van der Waals surface area contributed by atoms with Gasteiger partial charge in [-0.3, -0.25) is 14.5 Å². The Morgan fingerprint density at radius 2 is 1.79 bits per heavy atom.